The van der Waals surface area contributed by atoms with Crippen molar-refractivity contribution in [3.8, 4) is 0 Å². The van der Waals surface area contributed by atoms with Crippen LogP contribution in [0.25, 0.3) is 0 Å². The van der Waals surface area contributed by atoms with Crippen LogP contribution in [0.3, 0.4) is 0 Å². The van der Waals surface area contributed by atoms with Gasteiger partial charge in [0.05, 0.1) is 13.0 Å². The van der Waals surface area contributed by atoms with Crippen LogP contribution in [0.1, 0.15) is 12.5 Å². The van der Waals surface area contributed by atoms with E-state index in [1.165, 1.54) is 7.11 Å². The molecule has 1 N–H and O–H groups in total. The SMILES string of the molecule is COC(=O)C(C)CN(Cc1ccc(Cl)cc1)C(=O)Nc1ccccc1. The molecule has 0 fully saturated rings. The Morgan fingerprint density at radius 3 is 2.36 bits per heavy atom. The minimum Gasteiger partial charge on any atom is -0.469 e. The number of anilines is 1. The molecule has 132 valence electrons. The van der Waals surface area contributed by atoms with Gasteiger partial charge in [-0.05, 0) is 29.8 Å². The van der Waals surface area contributed by atoms with Gasteiger partial charge in [-0.15, -0.1) is 0 Å². The standard InChI is InChI=1S/C19H21ClN2O3/c1-14(18(23)25-2)12-22(13-15-8-10-16(20)11-9-15)19(24)21-17-6-4-3-5-7-17/h3-11,14H,12-13H2,1-2H3,(H,21,24). The summed E-state index contributed by atoms with van der Waals surface area (Å²) in [5.74, 6) is -0.785. The van der Waals surface area contributed by atoms with Crippen LogP contribution in [0.2, 0.25) is 5.02 Å². The van der Waals surface area contributed by atoms with Crippen LogP contribution in [-0.4, -0.2) is 30.6 Å². The summed E-state index contributed by atoms with van der Waals surface area (Å²) < 4.78 is 4.76. The molecule has 25 heavy (non-hydrogen) atoms. The first-order valence-electron chi connectivity index (χ1n) is 7.93. The fourth-order valence-electron chi connectivity index (χ4n) is 2.36. The Kier molecular flexibility index (Phi) is 6.83. The number of benzene rings is 2. The second-order valence-corrected chi connectivity index (χ2v) is 6.16. The molecule has 5 nitrogen and oxygen atoms in total. The van der Waals surface area contributed by atoms with Crippen LogP contribution < -0.4 is 5.32 Å². The molecule has 2 amide bonds. The molecule has 0 bridgehead atoms. The van der Waals surface area contributed by atoms with E-state index in [2.05, 4.69) is 5.32 Å². The second-order valence-electron chi connectivity index (χ2n) is 5.73. The normalized spacial score (nSPS) is 11.5. The van der Waals surface area contributed by atoms with Gasteiger partial charge in [-0.2, -0.15) is 0 Å². The van der Waals surface area contributed by atoms with Gasteiger partial charge in [-0.25, -0.2) is 4.79 Å². The van der Waals surface area contributed by atoms with Gasteiger partial charge >= 0.3 is 12.0 Å². The maximum Gasteiger partial charge on any atom is 0.322 e. The third kappa shape index (κ3) is 5.80. The van der Waals surface area contributed by atoms with E-state index < -0.39 is 5.92 Å². The Bertz CT molecular complexity index is 704. The van der Waals surface area contributed by atoms with E-state index in [-0.39, 0.29) is 18.5 Å². The molecule has 0 heterocycles. The predicted molar refractivity (Wildman–Crippen MR) is 98.5 cm³/mol. The van der Waals surface area contributed by atoms with Crippen LogP contribution in [0.5, 0.6) is 0 Å². The molecule has 0 aromatic heterocycles. The summed E-state index contributed by atoms with van der Waals surface area (Å²) >= 11 is 5.91. The van der Waals surface area contributed by atoms with Crippen molar-refractivity contribution in [3.05, 3.63) is 65.2 Å². The number of amides is 2. The van der Waals surface area contributed by atoms with Crippen LogP contribution in [0, 0.1) is 5.92 Å². The molecule has 0 aliphatic heterocycles. The molecule has 2 rings (SSSR count). The summed E-state index contributed by atoms with van der Waals surface area (Å²) in [7, 11) is 1.34. The number of nitrogens with zero attached hydrogens (tertiary/aromatic N) is 1. The van der Waals surface area contributed by atoms with Crippen molar-refractivity contribution in [1.29, 1.82) is 0 Å². The molecule has 2 aromatic carbocycles. The lowest BCUT2D eigenvalue weighted by molar-refractivity contribution is -0.145. The molecular formula is C19H21ClN2O3. The van der Waals surface area contributed by atoms with Crippen LogP contribution >= 0.6 is 11.6 Å². The number of nitrogens with one attached hydrogen (secondary N) is 1. The average molecular weight is 361 g/mol. The Balaban J connectivity index is 2.13. The number of hydrogen-bond acceptors (Lipinski definition) is 3. The molecular weight excluding hydrogens is 340 g/mol. The van der Waals surface area contributed by atoms with Crippen molar-refractivity contribution >= 4 is 29.3 Å². The Hall–Kier alpha value is -2.53. The smallest absolute Gasteiger partial charge is 0.322 e. The van der Waals surface area contributed by atoms with E-state index in [0.717, 1.165) is 5.56 Å². The minimum atomic E-state index is -0.432. The van der Waals surface area contributed by atoms with Gasteiger partial charge in [0, 0.05) is 23.8 Å². The van der Waals surface area contributed by atoms with Gasteiger partial charge in [0.25, 0.3) is 0 Å². The van der Waals surface area contributed by atoms with Gasteiger partial charge in [-0.1, -0.05) is 48.9 Å². The number of carbonyl (C=O) groups is 2. The van der Waals surface area contributed by atoms with E-state index in [9.17, 15) is 9.59 Å². The Morgan fingerprint density at radius 1 is 1.12 bits per heavy atom. The summed E-state index contributed by atoms with van der Waals surface area (Å²) in [6.45, 7) is 2.33. The predicted octanol–water partition coefficient (Wildman–Crippen LogP) is 4.18. The molecule has 0 aliphatic carbocycles. The highest BCUT2D eigenvalue weighted by Gasteiger charge is 2.22. The molecule has 1 unspecified atom stereocenters. The van der Waals surface area contributed by atoms with Gasteiger partial charge in [0.1, 0.15) is 0 Å². The van der Waals surface area contributed by atoms with Crippen molar-refractivity contribution in [1.82, 2.24) is 4.90 Å². The maximum absolute atomic E-state index is 12.7. The van der Waals surface area contributed by atoms with Crippen LogP contribution in [-0.2, 0) is 16.1 Å². The summed E-state index contributed by atoms with van der Waals surface area (Å²) in [5, 5.41) is 3.48. The van der Waals surface area contributed by atoms with Gasteiger partial charge in [-0.3, -0.25) is 4.79 Å². The highest BCUT2D eigenvalue weighted by molar-refractivity contribution is 6.30. The van der Waals surface area contributed by atoms with E-state index in [1.807, 2.05) is 42.5 Å². The highest BCUT2D eigenvalue weighted by atomic mass is 35.5. The molecule has 0 saturated heterocycles. The molecule has 0 radical (unpaired) electrons. The third-order valence-corrected chi connectivity index (χ3v) is 3.95. The van der Waals surface area contributed by atoms with Gasteiger partial charge in [0.2, 0.25) is 0 Å². The number of halogens is 1. The van der Waals surface area contributed by atoms with Crippen molar-refractivity contribution in [3.63, 3.8) is 0 Å². The third-order valence-electron chi connectivity index (χ3n) is 3.70. The van der Waals surface area contributed by atoms with Crippen molar-refractivity contribution in [2.45, 2.75) is 13.5 Å². The van der Waals surface area contributed by atoms with E-state index in [4.69, 9.17) is 16.3 Å². The summed E-state index contributed by atoms with van der Waals surface area (Å²) in [5.41, 5.74) is 1.61. The van der Waals surface area contributed by atoms with E-state index >= 15 is 0 Å². The summed E-state index contributed by atoms with van der Waals surface area (Å²) in [6, 6.07) is 16.2. The van der Waals surface area contributed by atoms with Crippen LogP contribution in [0.15, 0.2) is 54.6 Å². The number of esters is 1. The lowest BCUT2D eigenvalue weighted by Gasteiger charge is -2.25. The second kappa shape index (κ2) is 9.08. The molecule has 2 aromatic rings. The molecule has 0 spiro atoms. The average Bonchev–Trinajstić information content (AvgIpc) is 2.62. The first kappa shape index (κ1) is 18.8. The number of carbonyl (C=O) groups excluding carboxylic acids is 2. The number of para-hydroxylation sites is 1. The first-order valence-corrected chi connectivity index (χ1v) is 8.30. The van der Waals surface area contributed by atoms with Gasteiger partial charge in [0.15, 0.2) is 0 Å². The number of hydrogen-bond donors (Lipinski definition) is 1. The van der Waals surface area contributed by atoms with E-state index in [1.54, 1.807) is 24.0 Å². The van der Waals surface area contributed by atoms with Gasteiger partial charge < -0.3 is 15.0 Å². The Morgan fingerprint density at radius 2 is 1.76 bits per heavy atom. The van der Waals surface area contributed by atoms with Crippen molar-refractivity contribution < 1.29 is 14.3 Å². The number of methoxy groups -OCH3 is 1. The Labute approximate surface area is 152 Å². The zero-order valence-corrected chi connectivity index (χ0v) is 15.0. The van der Waals surface area contributed by atoms with Crippen molar-refractivity contribution in [2.75, 3.05) is 19.0 Å². The van der Waals surface area contributed by atoms with Crippen molar-refractivity contribution in [2.24, 2.45) is 5.92 Å². The summed E-state index contributed by atoms with van der Waals surface area (Å²) in [6.07, 6.45) is 0. The first-order chi connectivity index (χ1) is 12.0. The molecule has 0 aliphatic rings. The fourth-order valence-corrected chi connectivity index (χ4v) is 2.49. The lowest BCUT2D eigenvalue weighted by atomic mass is 10.1. The minimum absolute atomic E-state index is 0.244. The largest absolute Gasteiger partial charge is 0.469 e. The lowest BCUT2D eigenvalue weighted by Crippen LogP contribution is -2.39. The molecule has 1 atom stereocenters. The van der Waals surface area contributed by atoms with E-state index in [0.29, 0.717) is 17.3 Å². The molecule has 6 heteroatoms. The topological polar surface area (TPSA) is 58.6 Å². The zero-order valence-electron chi connectivity index (χ0n) is 14.2. The highest BCUT2D eigenvalue weighted by Crippen LogP contribution is 2.15. The number of ether oxygens (including phenoxy) is 1. The zero-order chi connectivity index (χ0) is 18.2. The fraction of sp³-hybridized carbons (Fsp3) is 0.263. The molecule has 0 saturated carbocycles. The summed E-state index contributed by atoms with van der Waals surface area (Å²) in [4.78, 5) is 26.0. The number of urea groups is 1. The quantitative estimate of drug-likeness (QED) is 0.786. The number of rotatable bonds is 6. The monoisotopic (exact) mass is 360 g/mol. The maximum atomic E-state index is 12.7. The van der Waals surface area contributed by atoms with Crippen LogP contribution in [0.4, 0.5) is 10.5 Å².